The number of carbonyl (C=O) groups excluding carboxylic acids is 1. The highest BCUT2D eigenvalue weighted by Gasteiger charge is 2.42. The fourth-order valence-electron chi connectivity index (χ4n) is 2.24. The number of aryl methyl sites for hydroxylation is 2. The van der Waals surface area contributed by atoms with Gasteiger partial charge in [0, 0.05) is 13.0 Å². The fraction of sp³-hybridized carbons (Fsp3) is 0.533. The van der Waals surface area contributed by atoms with Crippen LogP contribution in [0.15, 0.2) is 12.1 Å². The van der Waals surface area contributed by atoms with Crippen LogP contribution in [0.4, 0.5) is 0 Å². The summed E-state index contributed by atoms with van der Waals surface area (Å²) in [5.41, 5.74) is 3.52. The second-order valence-corrected chi connectivity index (χ2v) is 4.91. The van der Waals surface area contributed by atoms with E-state index in [2.05, 4.69) is 13.0 Å². The van der Waals surface area contributed by atoms with Crippen molar-refractivity contribution in [3.63, 3.8) is 0 Å². The van der Waals surface area contributed by atoms with Crippen LogP contribution in [0.2, 0.25) is 0 Å². The summed E-state index contributed by atoms with van der Waals surface area (Å²) in [7, 11) is 0. The summed E-state index contributed by atoms with van der Waals surface area (Å²) >= 11 is 0. The molecule has 1 aliphatic rings. The molecule has 1 saturated carbocycles. The molecule has 0 bridgehead atoms. The Morgan fingerprint density at radius 1 is 1.28 bits per heavy atom. The van der Waals surface area contributed by atoms with Crippen molar-refractivity contribution in [2.24, 2.45) is 0 Å². The van der Waals surface area contributed by atoms with Crippen LogP contribution in [0.25, 0.3) is 0 Å². The van der Waals surface area contributed by atoms with Gasteiger partial charge in [-0.15, -0.1) is 0 Å². The Hall–Kier alpha value is -1.35. The van der Waals surface area contributed by atoms with Gasteiger partial charge in [-0.2, -0.15) is 0 Å². The van der Waals surface area contributed by atoms with Crippen molar-refractivity contribution >= 4 is 5.78 Å². The highest BCUT2D eigenvalue weighted by Crippen LogP contribution is 2.30. The zero-order valence-electron chi connectivity index (χ0n) is 11.4. The molecule has 18 heavy (non-hydrogen) atoms. The summed E-state index contributed by atoms with van der Waals surface area (Å²) < 4.78 is 11.3. The Morgan fingerprint density at radius 3 is 2.61 bits per heavy atom. The van der Waals surface area contributed by atoms with Gasteiger partial charge in [0.05, 0.1) is 0 Å². The largest absolute Gasteiger partial charge is 0.486 e. The Kier molecular flexibility index (Phi) is 3.71. The highest BCUT2D eigenvalue weighted by atomic mass is 16.5. The molecule has 0 aromatic heterocycles. The lowest BCUT2D eigenvalue weighted by molar-refractivity contribution is -0.154. The van der Waals surface area contributed by atoms with Crippen molar-refractivity contribution in [1.82, 2.24) is 0 Å². The SMILES string of the molecule is CCOC1C(=O)CC1Oc1cc(C)cc(C)c1C. The maximum Gasteiger partial charge on any atom is 0.169 e. The lowest BCUT2D eigenvalue weighted by Gasteiger charge is -2.35. The predicted octanol–water partition coefficient (Wildman–Crippen LogP) is 2.74. The molecule has 98 valence electrons. The highest BCUT2D eigenvalue weighted by molar-refractivity contribution is 5.90. The van der Waals surface area contributed by atoms with Crippen molar-refractivity contribution in [2.75, 3.05) is 6.61 Å². The molecular formula is C15H20O3. The molecule has 0 saturated heterocycles. The van der Waals surface area contributed by atoms with Crippen LogP contribution in [-0.2, 0) is 9.53 Å². The number of hydrogen-bond donors (Lipinski definition) is 0. The maximum atomic E-state index is 11.4. The average Bonchev–Trinajstić information content (AvgIpc) is 2.31. The lowest BCUT2D eigenvalue weighted by atomic mass is 9.89. The van der Waals surface area contributed by atoms with E-state index in [1.54, 1.807) is 0 Å². The van der Waals surface area contributed by atoms with Crippen LogP contribution >= 0.6 is 0 Å². The first-order valence-electron chi connectivity index (χ1n) is 6.41. The van der Waals surface area contributed by atoms with Gasteiger partial charge < -0.3 is 9.47 Å². The monoisotopic (exact) mass is 248 g/mol. The van der Waals surface area contributed by atoms with Crippen LogP contribution in [0.3, 0.4) is 0 Å². The number of Topliss-reactive ketones (excluding diaryl/α,β-unsaturated/α-hetero) is 1. The van der Waals surface area contributed by atoms with E-state index in [-0.39, 0.29) is 18.0 Å². The summed E-state index contributed by atoms with van der Waals surface area (Å²) in [5, 5.41) is 0. The smallest absolute Gasteiger partial charge is 0.169 e. The van der Waals surface area contributed by atoms with Gasteiger partial charge in [-0.3, -0.25) is 4.79 Å². The number of benzene rings is 1. The molecule has 2 rings (SSSR count). The first kappa shape index (κ1) is 13.1. The molecular weight excluding hydrogens is 228 g/mol. The van der Waals surface area contributed by atoms with Crippen LogP contribution in [0, 0.1) is 20.8 Å². The van der Waals surface area contributed by atoms with E-state index < -0.39 is 0 Å². The Morgan fingerprint density at radius 2 is 2.00 bits per heavy atom. The minimum atomic E-state index is -0.379. The van der Waals surface area contributed by atoms with Crippen LogP contribution in [-0.4, -0.2) is 24.6 Å². The first-order chi connectivity index (χ1) is 8.52. The van der Waals surface area contributed by atoms with E-state index in [0.717, 1.165) is 11.3 Å². The van der Waals surface area contributed by atoms with Crippen molar-refractivity contribution < 1.29 is 14.3 Å². The Balaban J connectivity index is 2.13. The van der Waals surface area contributed by atoms with Crippen molar-refractivity contribution in [2.45, 2.75) is 46.3 Å². The van der Waals surface area contributed by atoms with Gasteiger partial charge in [0.25, 0.3) is 0 Å². The number of ketones is 1. The summed E-state index contributed by atoms with van der Waals surface area (Å²) in [6.07, 6.45) is -0.0514. The van der Waals surface area contributed by atoms with Crippen LogP contribution in [0.1, 0.15) is 30.0 Å². The topological polar surface area (TPSA) is 35.5 Å². The summed E-state index contributed by atoms with van der Waals surface area (Å²) in [5.74, 6) is 1.01. The van der Waals surface area contributed by atoms with Crippen LogP contribution < -0.4 is 4.74 Å². The molecule has 0 amide bonds. The quantitative estimate of drug-likeness (QED) is 0.822. The molecule has 1 fully saturated rings. The molecule has 1 aromatic rings. The third kappa shape index (κ3) is 2.41. The van der Waals surface area contributed by atoms with E-state index in [4.69, 9.17) is 9.47 Å². The average molecular weight is 248 g/mol. The molecule has 3 heteroatoms. The number of rotatable bonds is 4. The molecule has 0 aliphatic heterocycles. The van der Waals surface area contributed by atoms with Gasteiger partial charge in [0.2, 0.25) is 0 Å². The standard InChI is InChI=1S/C15H20O3/c1-5-17-15-12(16)8-14(15)18-13-7-9(2)6-10(3)11(13)4/h6-7,14-15H,5,8H2,1-4H3. The Labute approximate surface area is 108 Å². The minimum Gasteiger partial charge on any atom is -0.486 e. The predicted molar refractivity (Wildman–Crippen MR) is 70.1 cm³/mol. The number of hydrogen-bond acceptors (Lipinski definition) is 3. The second-order valence-electron chi connectivity index (χ2n) is 4.91. The second kappa shape index (κ2) is 5.11. The molecule has 2 atom stereocenters. The van der Waals surface area contributed by atoms with Crippen molar-refractivity contribution in [3.05, 3.63) is 28.8 Å². The number of carbonyl (C=O) groups is 1. The normalized spacial score (nSPS) is 22.8. The Bertz CT molecular complexity index is 465. The van der Waals surface area contributed by atoms with Gasteiger partial charge in [0.1, 0.15) is 11.9 Å². The zero-order chi connectivity index (χ0) is 13.3. The molecule has 0 spiro atoms. The summed E-state index contributed by atoms with van der Waals surface area (Å²) in [6.45, 7) is 8.60. The third-order valence-electron chi connectivity index (χ3n) is 3.45. The zero-order valence-corrected chi connectivity index (χ0v) is 11.4. The molecule has 1 aliphatic carbocycles. The van der Waals surface area contributed by atoms with Gasteiger partial charge in [-0.25, -0.2) is 0 Å². The minimum absolute atomic E-state index is 0.127. The fourth-order valence-corrected chi connectivity index (χ4v) is 2.24. The molecule has 0 radical (unpaired) electrons. The van der Waals surface area contributed by atoms with Crippen molar-refractivity contribution in [3.8, 4) is 5.75 Å². The molecule has 0 N–H and O–H groups in total. The van der Waals surface area contributed by atoms with Gasteiger partial charge in [0.15, 0.2) is 11.9 Å². The van der Waals surface area contributed by atoms with Crippen molar-refractivity contribution in [1.29, 1.82) is 0 Å². The maximum absolute atomic E-state index is 11.4. The van der Waals surface area contributed by atoms with Gasteiger partial charge >= 0.3 is 0 Å². The number of ether oxygens (including phenoxy) is 2. The van der Waals surface area contributed by atoms with Crippen LogP contribution in [0.5, 0.6) is 5.75 Å². The first-order valence-corrected chi connectivity index (χ1v) is 6.41. The molecule has 2 unspecified atom stereocenters. The third-order valence-corrected chi connectivity index (χ3v) is 3.45. The van der Waals surface area contributed by atoms with E-state index in [0.29, 0.717) is 13.0 Å². The molecule has 1 aromatic carbocycles. The van der Waals surface area contributed by atoms with Gasteiger partial charge in [-0.05, 0) is 50.5 Å². The molecule has 3 nitrogen and oxygen atoms in total. The summed E-state index contributed by atoms with van der Waals surface area (Å²) in [6, 6.07) is 4.16. The van der Waals surface area contributed by atoms with E-state index in [9.17, 15) is 4.79 Å². The lowest BCUT2D eigenvalue weighted by Crippen LogP contribution is -2.52. The van der Waals surface area contributed by atoms with E-state index in [1.807, 2.05) is 26.8 Å². The summed E-state index contributed by atoms with van der Waals surface area (Å²) in [4.78, 5) is 11.4. The van der Waals surface area contributed by atoms with E-state index in [1.165, 1.54) is 11.1 Å². The van der Waals surface area contributed by atoms with Gasteiger partial charge in [-0.1, -0.05) is 6.07 Å². The molecule has 0 heterocycles. The van der Waals surface area contributed by atoms with E-state index >= 15 is 0 Å².